The van der Waals surface area contributed by atoms with Gasteiger partial charge in [-0.25, -0.2) is 18.2 Å². The van der Waals surface area contributed by atoms with Crippen LogP contribution in [0.3, 0.4) is 0 Å². The molecule has 1 aliphatic heterocycles. The molecular formula is C35H40N4O8S. The average molecular weight is 677 g/mol. The number of methoxy groups -OCH3 is 1. The van der Waals surface area contributed by atoms with Gasteiger partial charge in [-0.05, 0) is 36.8 Å². The van der Waals surface area contributed by atoms with Gasteiger partial charge in [0.1, 0.15) is 28.7 Å². The largest absolute Gasteiger partial charge is 0.497 e. The highest BCUT2D eigenvalue weighted by Crippen LogP contribution is 2.50. The van der Waals surface area contributed by atoms with E-state index in [1.165, 1.54) is 6.08 Å². The number of carbonyl (C=O) groups is 3. The van der Waals surface area contributed by atoms with E-state index in [0.29, 0.717) is 40.9 Å². The lowest BCUT2D eigenvalue weighted by atomic mass is 9.70. The van der Waals surface area contributed by atoms with Crippen molar-refractivity contribution in [3.63, 3.8) is 0 Å². The van der Waals surface area contributed by atoms with E-state index < -0.39 is 61.7 Å². The Morgan fingerprint density at radius 2 is 1.77 bits per heavy atom. The Labute approximate surface area is 279 Å². The zero-order chi connectivity index (χ0) is 34.6. The second kappa shape index (κ2) is 11.8. The summed E-state index contributed by atoms with van der Waals surface area (Å²) in [4.78, 5) is 46.8. The number of benzene rings is 2. The van der Waals surface area contributed by atoms with Crippen LogP contribution in [0.5, 0.6) is 11.5 Å². The van der Waals surface area contributed by atoms with E-state index in [9.17, 15) is 27.9 Å². The second-order valence-electron chi connectivity index (χ2n) is 13.8. The summed E-state index contributed by atoms with van der Waals surface area (Å²) >= 11 is 0. The van der Waals surface area contributed by atoms with Gasteiger partial charge < -0.3 is 19.9 Å². The SMILES string of the molecule is C=C[C@@H]1C[C@]1(NC(=O)[C@@]1(C(C)(C)C)C[C@@H](Oc2cc(-c3ccccc3)nc3cc(OC)ccc23)CN1C(=O)O)C(=O)NS(=O)(=O)C1CC1. The van der Waals surface area contributed by atoms with E-state index in [1.807, 2.05) is 36.4 Å². The standard InChI is InChI=1S/C35H40N4O8S/c1-6-22-18-34(22,30(40)38-48(44,45)25-13-14-25)37-31(41)35(33(2,3)4)19-24(20-39(35)32(42)43)47-29-17-27(21-10-8-7-9-11-21)36-28-16-23(46-5)12-15-26(28)29/h6-12,15-17,22,24-25H,1,13-14,18-20H2,2-5H3,(H,37,41)(H,38,40)(H,42,43)/t22-,24-,34-,35-/m1/s1. The highest BCUT2D eigenvalue weighted by molar-refractivity contribution is 7.91. The first kappa shape index (κ1) is 33.3. The summed E-state index contributed by atoms with van der Waals surface area (Å²) < 4.78 is 39.5. The van der Waals surface area contributed by atoms with E-state index in [0.717, 1.165) is 10.5 Å². The third kappa shape index (κ3) is 5.73. The van der Waals surface area contributed by atoms with Crippen molar-refractivity contribution in [3.8, 4) is 22.8 Å². The lowest BCUT2D eigenvalue weighted by Gasteiger charge is -2.45. The number of ether oxygens (including phenoxy) is 2. The van der Waals surface area contributed by atoms with Crippen LogP contribution in [0, 0.1) is 11.3 Å². The van der Waals surface area contributed by atoms with Crippen molar-refractivity contribution < 1.29 is 37.4 Å². The Balaban J connectivity index is 1.35. The maximum Gasteiger partial charge on any atom is 0.408 e. The molecule has 2 aromatic carbocycles. The number of nitrogens with one attached hydrogen (secondary N) is 2. The fourth-order valence-electron chi connectivity index (χ4n) is 6.81. The molecule has 12 nitrogen and oxygen atoms in total. The van der Waals surface area contributed by atoms with E-state index in [1.54, 1.807) is 46.1 Å². The van der Waals surface area contributed by atoms with Crippen LogP contribution >= 0.6 is 0 Å². The topological polar surface area (TPSA) is 164 Å². The highest BCUT2D eigenvalue weighted by atomic mass is 32.2. The molecule has 3 N–H and O–H groups in total. The molecule has 2 heterocycles. The van der Waals surface area contributed by atoms with Gasteiger partial charge in [-0.1, -0.05) is 57.2 Å². The number of carbonyl (C=O) groups excluding carboxylic acids is 2. The molecule has 1 aromatic heterocycles. The smallest absolute Gasteiger partial charge is 0.408 e. The minimum absolute atomic E-state index is 0.0356. The molecule has 6 rings (SSSR count). The minimum atomic E-state index is -3.90. The van der Waals surface area contributed by atoms with Crippen molar-refractivity contribution in [2.75, 3.05) is 13.7 Å². The first-order chi connectivity index (χ1) is 22.6. The highest BCUT2D eigenvalue weighted by Gasteiger charge is 2.66. The number of likely N-dealkylation sites (tertiary alicyclic amines) is 1. The van der Waals surface area contributed by atoms with Crippen LogP contribution in [-0.4, -0.2) is 77.4 Å². The van der Waals surface area contributed by atoms with Gasteiger partial charge >= 0.3 is 6.09 Å². The number of nitrogens with zero attached hydrogens (tertiary/aromatic N) is 2. The Hall–Kier alpha value is -4.65. The van der Waals surface area contributed by atoms with Crippen LogP contribution in [0.15, 0.2) is 67.3 Å². The fourth-order valence-corrected chi connectivity index (χ4v) is 8.17. The second-order valence-corrected chi connectivity index (χ2v) is 15.8. The van der Waals surface area contributed by atoms with E-state index in [2.05, 4.69) is 16.6 Å². The molecule has 2 aliphatic carbocycles. The Kier molecular flexibility index (Phi) is 8.17. The Morgan fingerprint density at radius 3 is 2.35 bits per heavy atom. The van der Waals surface area contributed by atoms with Gasteiger partial charge in [0.25, 0.3) is 5.91 Å². The fraction of sp³-hybridized carbons (Fsp3) is 0.429. The normalized spacial score (nSPS) is 25.3. The summed E-state index contributed by atoms with van der Waals surface area (Å²) in [7, 11) is -2.33. The van der Waals surface area contributed by atoms with Gasteiger partial charge in [0.05, 0.1) is 30.1 Å². The summed E-state index contributed by atoms with van der Waals surface area (Å²) in [5.74, 6) is -1.03. The van der Waals surface area contributed by atoms with Crippen LogP contribution in [0.2, 0.25) is 0 Å². The predicted molar refractivity (Wildman–Crippen MR) is 179 cm³/mol. The van der Waals surface area contributed by atoms with Crippen LogP contribution in [0.1, 0.15) is 46.5 Å². The van der Waals surface area contributed by atoms with Gasteiger partial charge in [-0.15, -0.1) is 6.58 Å². The zero-order valence-corrected chi connectivity index (χ0v) is 28.2. The number of amides is 3. The molecular weight excluding hydrogens is 636 g/mol. The lowest BCUT2D eigenvalue weighted by molar-refractivity contribution is -0.141. The lowest BCUT2D eigenvalue weighted by Crippen LogP contribution is -2.67. The van der Waals surface area contributed by atoms with Crippen molar-refractivity contribution in [3.05, 3.63) is 67.3 Å². The molecule has 2 saturated carbocycles. The molecule has 3 fully saturated rings. The number of hydrogen-bond donors (Lipinski definition) is 3. The molecule has 0 bridgehead atoms. The molecule has 0 spiro atoms. The van der Waals surface area contributed by atoms with E-state index in [4.69, 9.17) is 14.5 Å². The molecule has 3 amide bonds. The molecule has 1 saturated heterocycles. The molecule has 3 aliphatic rings. The molecule has 13 heteroatoms. The molecule has 0 unspecified atom stereocenters. The predicted octanol–water partition coefficient (Wildman–Crippen LogP) is 4.50. The van der Waals surface area contributed by atoms with Crippen LogP contribution < -0.4 is 19.5 Å². The van der Waals surface area contributed by atoms with Crippen LogP contribution in [0.25, 0.3) is 22.2 Å². The number of aromatic nitrogens is 1. The van der Waals surface area contributed by atoms with Crippen molar-refractivity contribution in [1.82, 2.24) is 19.9 Å². The number of pyridine rings is 1. The van der Waals surface area contributed by atoms with Crippen LogP contribution in [-0.2, 0) is 19.6 Å². The van der Waals surface area contributed by atoms with Crippen molar-refractivity contribution in [2.45, 2.75) is 68.9 Å². The van der Waals surface area contributed by atoms with Crippen molar-refractivity contribution in [1.29, 1.82) is 0 Å². The number of carboxylic acid groups (broad SMARTS) is 1. The van der Waals surface area contributed by atoms with Gasteiger partial charge in [0.2, 0.25) is 15.9 Å². The summed E-state index contributed by atoms with van der Waals surface area (Å²) in [6, 6.07) is 16.7. The summed E-state index contributed by atoms with van der Waals surface area (Å²) in [6.07, 6.45) is 0.423. The first-order valence-electron chi connectivity index (χ1n) is 15.9. The van der Waals surface area contributed by atoms with Crippen LogP contribution in [0.4, 0.5) is 4.79 Å². The number of fused-ring (bicyclic) bond motifs is 1. The quantitative estimate of drug-likeness (QED) is 0.263. The molecule has 4 atom stereocenters. The molecule has 254 valence electrons. The molecule has 48 heavy (non-hydrogen) atoms. The third-order valence-corrected chi connectivity index (χ3v) is 11.6. The Morgan fingerprint density at radius 1 is 1.06 bits per heavy atom. The van der Waals surface area contributed by atoms with E-state index >= 15 is 0 Å². The van der Waals surface area contributed by atoms with Crippen molar-refractivity contribution in [2.24, 2.45) is 11.3 Å². The van der Waals surface area contributed by atoms with Gasteiger partial charge in [-0.2, -0.15) is 0 Å². The maximum absolute atomic E-state index is 14.5. The maximum atomic E-state index is 14.5. The Bertz CT molecular complexity index is 1910. The van der Waals surface area contributed by atoms with Gasteiger partial charge in [-0.3, -0.25) is 19.2 Å². The van der Waals surface area contributed by atoms with E-state index in [-0.39, 0.29) is 19.4 Å². The number of hydrogen-bond acceptors (Lipinski definition) is 8. The summed E-state index contributed by atoms with van der Waals surface area (Å²) in [6.45, 7) is 8.90. The minimum Gasteiger partial charge on any atom is -0.497 e. The zero-order valence-electron chi connectivity index (χ0n) is 27.4. The number of rotatable bonds is 10. The molecule has 3 aromatic rings. The van der Waals surface area contributed by atoms with Gasteiger partial charge in [0.15, 0.2) is 0 Å². The monoisotopic (exact) mass is 676 g/mol. The first-order valence-corrected chi connectivity index (χ1v) is 17.4. The number of sulfonamides is 1. The third-order valence-electron chi connectivity index (χ3n) is 9.80. The summed E-state index contributed by atoms with van der Waals surface area (Å²) in [5, 5.41) is 13.3. The van der Waals surface area contributed by atoms with Gasteiger partial charge in [0, 0.05) is 35.4 Å². The van der Waals surface area contributed by atoms with Crippen molar-refractivity contribution >= 4 is 38.8 Å². The molecule has 0 radical (unpaired) electrons. The summed E-state index contributed by atoms with van der Waals surface area (Å²) in [5.41, 5.74) is -2.15. The average Bonchev–Trinajstić information content (AvgIpc) is 3.97.